The number of rotatable bonds is 8. The molecule has 0 bridgehead atoms. The number of nitrogens with zero attached hydrogens (tertiary/aromatic N) is 3. The SMILES string of the molecule is CO[Si](CCCNc1nc(Cl)nc(Cl)n1)(OC)OC. The van der Waals surface area contributed by atoms with Crippen molar-refractivity contribution in [1.82, 2.24) is 15.0 Å². The van der Waals surface area contributed by atoms with Crippen LogP contribution in [0, 0.1) is 0 Å². The van der Waals surface area contributed by atoms with Crippen molar-refractivity contribution in [2.75, 3.05) is 33.2 Å². The molecule has 1 aromatic rings. The largest absolute Gasteiger partial charge is 0.500 e. The molecule has 0 fully saturated rings. The van der Waals surface area contributed by atoms with Gasteiger partial charge in [-0.25, -0.2) is 0 Å². The van der Waals surface area contributed by atoms with E-state index in [1.807, 2.05) is 0 Å². The highest BCUT2D eigenvalue weighted by Crippen LogP contribution is 2.15. The van der Waals surface area contributed by atoms with Gasteiger partial charge in [0.25, 0.3) is 0 Å². The maximum absolute atomic E-state index is 5.66. The van der Waals surface area contributed by atoms with E-state index in [0.29, 0.717) is 18.5 Å². The van der Waals surface area contributed by atoms with E-state index in [-0.39, 0.29) is 10.6 Å². The van der Waals surface area contributed by atoms with Crippen molar-refractivity contribution in [2.45, 2.75) is 12.5 Å². The average molecular weight is 327 g/mol. The van der Waals surface area contributed by atoms with Crippen molar-refractivity contribution in [3.05, 3.63) is 10.6 Å². The Morgan fingerprint density at radius 2 is 1.53 bits per heavy atom. The lowest BCUT2D eigenvalue weighted by Gasteiger charge is -2.24. The minimum atomic E-state index is -2.52. The molecule has 10 heteroatoms. The second-order valence-corrected chi connectivity index (χ2v) is 7.29. The Morgan fingerprint density at radius 3 is 2.00 bits per heavy atom. The molecule has 0 saturated carbocycles. The Kier molecular flexibility index (Phi) is 6.90. The molecule has 0 aliphatic rings. The zero-order chi connectivity index (χ0) is 14.3. The standard InChI is InChI=1S/C9H16Cl2N4O3Si/c1-16-19(17-2,18-3)6-4-5-12-9-14-7(10)13-8(11)15-9/h4-6H2,1-3H3,(H,12,13,14,15). The molecule has 1 heterocycles. The highest BCUT2D eigenvalue weighted by Gasteiger charge is 2.36. The predicted molar refractivity (Wildman–Crippen MR) is 74.5 cm³/mol. The Hall–Kier alpha value is -0.513. The van der Waals surface area contributed by atoms with Gasteiger partial charge in [-0.15, -0.1) is 0 Å². The first-order valence-corrected chi connectivity index (χ1v) is 8.20. The van der Waals surface area contributed by atoms with Gasteiger partial charge in [-0.2, -0.15) is 15.0 Å². The quantitative estimate of drug-likeness (QED) is 0.577. The molecule has 0 atom stereocenters. The molecule has 1 rings (SSSR count). The Morgan fingerprint density at radius 1 is 1.00 bits per heavy atom. The maximum Gasteiger partial charge on any atom is 0.500 e. The van der Waals surface area contributed by atoms with Crippen molar-refractivity contribution < 1.29 is 13.3 Å². The van der Waals surface area contributed by atoms with Crippen LogP contribution < -0.4 is 5.32 Å². The lowest BCUT2D eigenvalue weighted by atomic mass is 10.5. The molecule has 0 saturated heterocycles. The lowest BCUT2D eigenvalue weighted by Crippen LogP contribution is -2.42. The number of anilines is 1. The van der Waals surface area contributed by atoms with Crippen LogP contribution in [0.5, 0.6) is 0 Å². The van der Waals surface area contributed by atoms with E-state index < -0.39 is 8.80 Å². The van der Waals surface area contributed by atoms with Crippen molar-refractivity contribution in [3.8, 4) is 0 Å². The molecule has 108 valence electrons. The third kappa shape index (κ3) is 5.17. The van der Waals surface area contributed by atoms with Crippen LogP contribution in [0.1, 0.15) is 6.42 Å². The number of hydrogen-bond acceptors (Lipinski definition) is 7. The van der Waals surface area contributed by atoms with E-state index in [1.165, 1.54) is 0 Å². The van der Waals surface area contributed by atoms with Crippen LogP contribution in [0.3, 0.4) is 0 Å². The maximum atomic E-state index is 5.66. The fourth-order valence-electron chi connectivity index (χ4n) is 1.47. The monoisotopic (exact) mass is 326 g/mol. The summed E-state index contributed by atoms with van der Waals surface area (Å²) in [4.78, 5) is 11.4. The van der Waals surface area contributed by atoms with Gasteiger partial charge < -0.3 is 18.6 Å². The number of halogens is 2. The smallest absolute Gasteiger partial charge is 0.377 e. The molecule has 0 unspecified atom stereocenters. The van der Waals surface area contributed by atoms with E-state index in [1.54, 1.807) is 21.3 Å². The van der Waals surface area contributed by atoms with Crippen LogP contribution in [-0.4, -0.2) is 51.6 Å². The van der Waals surface area contributed by atoms with Gasteiger partial charge in [0.2, 0.25) is 16.5 Å². The molecule has 19 heavy (non-hydrogen) atoms. The van der Waals surface area contributed by atoms with Gasteiger partial charge in [0.1, 0.15) is 0 Å². The molecular weight excluding hydrogens is 311 g/mol. The van der Waals surface area contributed by atoms with Crippen molar-refractivity contribution in [1.29, 1.82) is 0 Å². The zero-order valence-electron chi connectivity index (χ0n) is 10.9. The zero-order valence-corrected chi connectivity index (χ0v) is 13.5. The van der Waals surface area contributed by atoms with Crippen molar-refractivity contribution >= 4 is 38.0 Å². The summed E-state index contributed by atoms with van der Waals surface area (Å²) < 4.78 is 15.9. The van der Waals surface area contributed by atoms with Gasteiger partial charge in [0.05, 0.1) is 0 Å². The van der Waals surface area contributed by atoms with Gasteiger partial charge in [-0.1, -0.05) is 0 Å². The Bertz CT molecular complexity index is 381. The molecule has 0 amide bonds. The first kappa shape index (κ1) is 16.5. The number of hydrogen-bond donors (Lipinski definition) is 1. The molecule has 0 aliphatic carbocycles. The van der Waals surface area contributed by atoms with E-state index in [2.05, 4.69) is 20.3 Å². The molecule has 0 spiro atoms. The van der Waals surface area contributed by atoms with Gasteiger partial charge in [-0.3, -0.25) is 0 Å². The normalized spacial score (nSPS) is 11.6. The first-order chi connectivity index (χ1) is 9.05. The topological polar surface area (TPSA) is 78.4 Å². The summed E-state index contributed by atoms with van der Waals surface area (Å²) in [6.07, 6.45) is 0.767. The number of nitrogens with one attached hydrogen (secondary N) is 1. The molecule has 7 nitrogen and oxygen atoms in total. The van der Waals surface area contributed by atoms with Crippen LogP contribution in [-0.2, 0) is 13.3 Å². The average Bonchev–Trinajstić information content (AvgIpc) is 2.39. The van der Waals surface area contributed by atoms with Gasteiger partial charge in [0, 0.05) is 33.9 Å². The van der Waals surface area contributed by atoms with Crippen LogP contribution in [0.25, 0.3) is 0 Å². The van der Waals surface area contributed by atoms with Crippen LogP contribution in [0.4, 0.5) is 5.95 Å². The summed E-state index contributed by atoms with van der Waals surface area (Å²) in [7, 11) is 2.22. The molecular formula is C9H16Cl2N4O3Si. The molecule has 0 aromatic carbocycles. The first-order valence-electron chi connectivity index (χ1n) is 5.51. The molecule has 0 radical (unpaired) electrons. The Labute approximate surface area is 123 Å². The van der Waals surface area contributed by atoms with Crippen LogP contribution in [0.2, 0.25) is 16.6 Å². The minimum Gasteiger partial charge on any atom is -0.377 e. The molecule has 0 aliphatic heterocycles. The van der Waals surface area contributed by atoms with Gasteiger partial charge in [0.15, 0.2) is 0 Å². The molecule has 1 N–H and O–H groups in total. The lowest BCUT2D eigenvalue weighted by molar-refractivity contribution is 0.123. The van der Waals surface area contributed by atoms with Crippen LogP contribution >= 0.6 is 23.2 Å². The van der Waals surface area contributed by atoms with E-state index in [0.717, 1.165) is 6.42 Å². The van der Waals surface area contributed by atoms with Crippen molar-refractivity contribution in [3.63, 3.8) is 0 Å². The summed E-state index contributed by atoms with van der Waals surface area (Å²) in [5.41, 5.74) is 0. The van der Waals surface area contributed by atoms with Gasteiger partial charge >= 0.3 is 8.80 Å². The predicted octanol–water partition coefficient (Wildman–Crippen LogP) is 1.86. The minimum absolute atomic E-state index is 0.0527. The summed E-state index contributed by atoms with van der Waals surface area (Å²) in [6, 6.07) is 0.677. The molecule has 1 aromatic heterocycles. The van der Waals surface area contributed by atoms with E-state index >= 15 is 0 Å². The van der Waals surface area contributed by atoms with Gasteiger partial charge in [-0.05, 0) is 29.6 Å². The summed E-state index contributed by atoms with van der Waals surface area (Å²) >= 11 is 11.3. The van der Waals surface area contributed by atoms with E-state index in [9.17, 15) is 0 Å². The Balaban J connectivity index is 2.42. The summed E-state index contributed by atoms with van der Waals surface area (Å²) in [6.45, 7) is 0.613. The highest BCUT2D eigenvalue weighted by molar-refractivity contribution is 6.60. The van der Waals surface area contributed by atoms with E-state index in [4.69, 9.17) is 36.5 Å². The fraction of sp³-hybridized carbons (Fsp3) is 0.667. The number of aromatic nitrogens is 3. The highest BCUT2D eigenvalue weighted by atomic mass is 35.5. The second-order valence-electron chi connectivity index (χ2n) is 3.52. The van der Waals surface area contributed by atoms with Crippen LogP contribution in [0.15, 0.2) is 0 Å². The van der Waals surface area contributed by atoms with Crippen molar-refractivity contribution in [2.24, 2.45) is 0 Å². The second kappa shape index (κ2) is 7.93. The fourth-order valence-corrected chi connectivity index (χ4v) is 3.55. The summed E-state index contributed by atoms with van der Waals surface area (Å²) in [5, 5.41) is 3.10. The summed E-state index contributed by atoms with van der Waals surface area (Å²) in [5.74, 6) is 0.338. The third-order valence-corrected chi connectivity index (χ3v) is 5.63. The third-order valence-electron chi connectivity index (χ3n) is 2.46.